The number of aliphatic imine (C=N–C) groups is 1. The minimum Gasteiger partial charge on any atom is -0.497 e. The Morgan fingerprint density at radius 2 is 1.77 bits per heavy atom. The Hall–Kier alpha value is -2.60. The molecule has 0 aromatic heterocycles. The highest BCUT2D eigenvalue weighted by Gasteiger charge is 2.34. The minimum atomic E-state index is -0.207. The van der Waals surface area contributed by atoms with Crippen molar-refractivity contribution in [3.8, 4) is 5.75 Å². The Morgan fingerprint density at radius 3 is 2.40 bits per heavy atom. The Bertz CT molecular complexity index is 800. The molecule has 0 amide bonds. The molecule has 0 aliphatic carbocycles. The zero-order valence-electron chi connectivity index (χ0n) is 17.9. The summed E-state index contributed by atoms with van der Waals surface area (Å²) >= 11 is 0. The second kappa shape index (κ2) is 11.0. The van der Waals surface area contributed by atoms with Crippen molar-refractivity contribution < 1.29 is 13.9 Å². The van der Waals surface area contributed by atoms with E-state index < -0.39 is 0 Å². The van der Waals surface area contributed by atoms with E-state index in [1.54, 1.807) is 7.11 Å². The molecule has 1 heterocycles. The third-order valence-corrected chi connectivity index (χ3v) is 5.66. The lowest BCUT2D eigenvalue weighted by Crippen LogP contribution is -2.41. The number of ether oxygens (including phenoxy) is 2. The van der Waals surface area contributed by atoms with Gasteiger partial charge in [0.05, 0.1) is 13.7 Å². The van der Waals surface area contributed by atoms with E-state index in [4.69, 9.17) is 14.5 Å². The highest BCUT2D eigenvalue weighted by atomic mass is 19.1. The van der Waals surface area contributed by atoms with Crippen LogP contribution in [0.1, 0.15) is 30.9 Å². The van der Waals surface area contributed by atoms with Crippen LogP contribution in [0.4, 0.5) is 4.39 Å². The van der Waals surface area contributed by atoms with Gasteiger partial charge in [0, 0.05) is 31.7 Å². The summed E-state index contributed by atoms with van der Waals surface area (Å²) in [5.74, 6) is 1.46. The van der Waals surface area contributed by atoms with Crippen LogP contribution >= 0.6 is 0 Å². The summed E-state index contributed by atoms with van der Waals surface area (Å²) < 4.78 is 24.0. The van der Waals surface area contributed by atoms with E-state index in [0.717, 1.165) is 62.8 Å². The van der Waals surface area contributed by atoms with Gasteiger partial charge in [0.15, 0.2) is 5.96 Å². The van der Waals surface area contributed by atoms with Gasteiger partial charge in [-0.25, -0.2) is 4.39 Å². The summed E-state index contributed by atoms with van der Waals surface area (Å²) in [5, 5.41) is 6.74. The standard InChI is InChI=1S/C24H32FN3O2/c1-3-26-23(27-15-12-19-4-8-21(25)9-5-19)28-18-24(13-16-30-17-14-24)20-6-10-22(29-2)11-7-20/h4-11H,3,12-18H2,1-2H3,(H2,26,27,28). The van der Waals surface area contributed by atoms with Gasteiger partial charge in [0.25, 0.3) is 0 Å². The smallest absolute Gasteiger partial charge is 0.191 e. The topological polar surface area (TPSA) is 54.9 Å². The van der Waals surface area contributed by atoms with Crippen LogP contribution < -0.4 is 15.4 Å². The van der Waals surface area contributed by atoms with E-state index in [-0.39, 0.29) is 11.2 Å². The average molecular weight is 414 g/mol. The first-order valence-corrected chi connectivity index (χ1v) is 10.6. The molecule has 1 fully saturated rings. The molecule has 0 saturated carbocycles. The van der Waals surface area contributed by atoms with Crippen molar-refractivity contribution in [1.29, 1.82) is 0 Å². The van der Waals surface area contributed by atoms with Gasteiger partial charge in [-0.15, -0.1) is 0 Å². The summed E-state index contributed by atoms with van der Waals surface area (Å²) in [4.78, 5) is 4.92. The molecule has 2 aromatic rings. The Morgan fingerprint density at radius 1 is 1.07 bits per heavy atom. The largest absolute Gasteiger partial charge is 0.497 e. The van der Waals surface area contributed by atoms with E-state index in [9.17, 15) is 4.39 Å². The molecule has 2 N–H and O–H groups in total. The number of guanidine groups is 1. The van der Waals surface area contributed by atoms with Gasteiger partial charge >= 0.3 is 0 Å². The fraction of sp³-hybridized carbons (Fsp3) is 0.458. The van der Waals surface area contributed by atoms with E-state index in [1.165, 1.54) is 17.7 Å². The molecular weight excluding hydrogens is 381 g/mol. The third-order valence-electron chi connectivity index (χ3n) is 5.66. The number of rotatable bonds is 8. The summed E-state index contributed by atoms with van der Waals surface area (Å²) in [6.07, 6.45) is 2.69. The molecule has 5 nitrogen and oxygen atoms in total. The summed E-state index contributed by atoms with van der Waals surface area (Å²) in [6.45, 7) is 5.77. The van der Waals surface area contributed by atoms with Crippen LogP contribution in [0.3, 0.4) is 0 Å². The molecule has 1 aliphatic rings. The molecule has 162 valence electrons. The van der Waals surface area contributed by atoms with Crippen molar-refractivity contribution in [2.24, 2.45) is 4.99 Å². The summed E-state index contributed by atoms with van der Waals surface area (Å²) in [6, 6.07) is 15.0. The molecular formula is C24H32FN3O2. The van der Waals surface area contributed by atoms with Crippen LogP contribution in [0, 0.1) is 5.82 Å². The predicted octanol–water partition coefficient (Wildman–Crippen LogP) is 3.68. The molecule has 0 unspecified atom stereocenters. The van der Waals surface area contributed by atoms with E-state index >= 15 is 0 Å². The van der Waals surface area contributed by atoms with Crippen molar-refractivity contribution in [2.45, 2.75) is 31.6 Å². The molecule has 2 aromatic carbocycles. The van der Waals surface area contributed by atoms with Crippen LogP contribution in [0.2, 0.25) is 0 Å². The van der Waals surface area contributed by atoms with Crippen molar-refractivity contribution in [3.63, 3.8) is 0 Å². The number of hydrogen-bond donors (Lipinski definition) is 2. The number of benzene rings is 2. The Labute approximate surface area is 178 Å². The maximum absolute atomic E-state index is 13.1. The first-order valence-electron chi connectivity index (χ1n) is 10.6. The summed E-state index contributed by atoms with van der Waals surface area (Å²) in [7, 11) is 1.68. The second-order valence-electron chi connectivity index (χ2n) is 7.62. The first-order chi connectivity index (χ1) is 14.6. The lowest BCUT2D eigenvalue weighted by atomic mass is 9.74. The van der Waals surface area contributed by atoms with Crippen LogP contribution in [-0.4, -0.2) is 45.9 Å². The van der Waals surface area contributed by atoms with E-state index in [1.807, 2.05) is 24.3 Å². The lowest BCUT2D eigenvalue weighted by Gasteiger charge is -2.36. The van der Waals surface area contributed by atoms with Crippen molar-refractivity contribution in [1.82, 2.24) is 10.6 Å². The molecule has 1 saturated heterocycles. The van der Waals surface area contributed by atoms with Gasteiger partial charge in [-0.2, -0.15) is 0 Å². The fourth-order valence-electron chi connectivity index (χ4n) is 3.79. The quantitative estimate of drug-likeness (QED) is 0.512. The molecule has 0 atom stereocenters. The van der Waals surface area contributed by atoms with Gasteiger partial charge in [-0.1, -0.05) is 24.3 Å². The van der Waals surface area contributed by atoms with Gasteiger partial charge in [0.2, 0.25) is 0 Å². The number of methoxy groups -OCH3 is 1. The van der Waals surface area contributed by atoms with Crippen molar-refractivity contribution in [3.05, 3.63) is 65.5 Å². The third kappa shape index (κ3) is 5.95. The summed E-state index contributed by atoms with van der Waals surface area (Å²) in [5.41, 5.74) is 2.33. The average Bonchev–Trinajstić information content (AvgIpc) is 2.79. The second-order valence-corrected chi connectivity index (χ2v) is 7.62. The van der Waals surface area contributed by atoms with Crippen molar-refractivity contribution in [2.75, 3.05) is 40.0 Å². The maximum Gasteiger partial charge on any atom is 0.191 e. The fourth-order valence-corrected chi connectivity index (χ4v) is 3.79. The van der Waals surface area contributed by atoms with Crippen molar-refractivity contribution >= 4 is 5.96 Å². The van der Waals surface area contributed by atoms with Gasteiger partial charge in [-0.05, 0) is 61.6 Å². The minimum absolute atomic E-state index is 0.0379. The van der Waals surface area contributed by atoms with E-state index in [0.29, 0.717) is 6.54 Å². The zero-order valence-corrected chi connectivity index (χ0v) is 17.9. The Kier molecular flexibility index (Phi) is 8.08. The van der Waals surface area contributed by atoms with Crippen LogP contribution in [0.15, 0.2) is 53.5 Å². The first kappa shape index (κ1) is 22.1. The Balaban J connectivity index is 1.68. The SMILES string of the molecule is CCNC(=NCC1(c2ccc(OC)cc2)CCOCC1)NCCc1ccc(F)cc1. The van der Waals surface area contributed by atoms with Crippen LogP contribution in [-0.2, 0) is 16.6 Å². The molecule has 3 rings (SSSR count). The maximum atomic E-state index is 13.1. The zero-order chi connectivity index (χ0) is 21.2. The van der Waals surface area contributed by atoms with Crippen LogP contribution in [0.5, 0.6) is 5.75 Å². The lowest BCUT2D eigenvalue weighted by molar-refractivity contribution is 0.0531. The van der Waals surface area contributed by atoms with Crippen LogP contribution in [0.25, 0.3) is 0 Å². The predicted molar refractivity (Wildman–Crippen MR) is 119 cm³/mol. The molecule has 6 heteroatoms. The number of nitrogens with one attached hydrogen (secondary N) is 2. The molecule has 30 heavy (non-hydrogen) atoms. The molecule has 0 spiro atoms. The van der Waals surface area contributed by atoms with Gasteiger partial charge in [0.1, 0.15) is 11.6 Å². The highest BCUT2D eigenvalue weighted by Crippen LogP contribution is 2.36. The molecule has 0 bridgehead atoms. The highest BCUT2D eigenvalue weighted by molar-refractivity contribution is 5.79. The number of hydrogen-bond acceptors (Lipinski definition) is 3. The molecule has 0 radical (unpaired) electrons. The van der Waals surface area contributed by atoms with Gasteiger partial charge in [-0.3, -0.25) is 4.99 Å². The monoisotopic (exact) mass is 413 g/mol. The number of nitrogens with zero attached hydrogens (tertiary/aromatic N) is 1. The van der Waals surface area contributed by atoms with Gasteiger partial charge < -0.3 is 20.1 Å². The molecule has 1 aliphatic heterocycles. The normalized spacial score (nSPS) is 16.2. The number of halogens is 1. The van der Waals surface area contributed by atoms with E-state index in [2.05, 4.69) is 29.7 Å².